The topological polar surface area (TPSA) is 70.2 Å². The van der Waals surface area contributed by atoms with Gasteiger partial charge in [-0.15, -0.1) is 0 Å². The van der Waals surface area contributed by atoms with E-state index in [-0.39, 0.29) is 26.2 Å². The number of carbonyl (C=O) groups excluding carboxylic acids is 2. The van der Waals surface area contributed by atoms with E-state index in [2.05, 4.69) is 5.32 Å². The standard InChI is InChI=1S/C8H11F6N3O2/c9-7(10,11)5(18)16-3-1-15-2-4-17-6(19)8(12,13)14/h15H,1-4H2,(H,16,18)(H,17,19). The summed E-state index contributed by atoms with van der Waals surface area (Å²) in [6.45, 7) is -0.843. The zero-order chi connectivity index (χ0) is 15.1. The summed E-state index contributed by atoms with van der Waals surface area (Å²) in [7, 11) is 0. The number of alkyl halides is 6. The van der Waals surface area contributed by atoms with E-state index >= 15 is 0 Å². The van der Waals surface area contributed by atoms with Crippen molar-refractivity contribution in [3.05, 3.63) is 0 Å². The lowest BCUT2D eigenvalue weighted by molar-refractivity contribution is -0.173. The molecule has 0 aromatic carbocycles. The summed E-state index contributed by atoms with van der Waals surface area (Å²) in [5, 5.41) is 5.54. The maximum atomic E-state index is 11.7. The van der Waals surface area contributed by atoms with Crippen LogP contribution in [0.4, 0.5) is 26.3 Å². The minimum atomic E-state index is -4.97. The van der Waals surface area contributed by atoms with Crippen molar-refractivity contribution in [2.75, 3.05) is 26.2 Å². The molecule has 0 aliphatic rings. The van der Waals surface area contributed by atoms with Gasteiger partial charge >= 0.3 is 24.2 Å². The highest BCUT2D eigenvalue weighted by molar-refractivity contribution is 5.81. The van der Waals surface area contributed by atoms with Gasteiger partial charge in [0.15, 0.2) is 0 Å². The maximum Gasteiger partial charge on any atom is 0.471 e. The van der Waals surface area contributed by atoms with Crippen LogP contribution in [-0.2, 0) is 9.59 Å². The average molecular weight is 295 g/mol. The van der Waals surface area contributed by atoms with Gasteiger partial charge < -0.3 is 16.0 Å². The molecule has 0 aliphatic heterocycles. The fourth-order valence-electron chi connectivity index (χ4n) is 0.854. The molecule has 0 rings (SSSR count). The molecular weight excluding hydrogens is 284 g/mol. The lowest BCUT2D eigenvalue weighted by Gasteiger charge is -2.10. The Kier molecular flexibility index (Phi) is 6.59. The molecule has 2 amide bonds. The number of halogens is 6. The Labute approximate surface area is 103 Å². The molecule has 0 radical (unpaired) electrons. The summed E-state index contributed by atoms with van der Waals surface area (Å²) in [6.07, 6.45) is -9.94. The van der Waals surface area contributed by atoms with Gasteiger partial charge in [0.1, 0.15) is 0 Å². The summed E-state index contributed by atoms with van der Waals surface area (Å²) in [6, 6.07) is 0. The fraction of sp³-hybridized carbons (Fsp3) is 0.750. The molecule has 5 nitrogen and oxygen atoms in total. The van der Waals surface area contributed by atoms with E-state index in [0.29, 0.717) is 0 Å². The third-order valence-corrected chi connectivity index (χ3v) is 1.69. The number of amides is 2. The van der Waals surface area contributed by atoms with E-state index in [1.54, 1.807) is 10.6 Å². The van der Waals surface area contributed by atoms with E-state index in [9.17, 15) is 35.9 Å². The second-order valence-corrected chi connectivity index (χ2v) is 3.26. The van der Waals surface area contributed by atoms with Crippen LogP contribution in [0.5, 0.6) is 0 Å². The van der Waals surface area contributed by atoms with Crippen LogP contribution in [0, 0.1) is 0 Å². The summed E-state index contributed by atoms with van der Waals surface area (Å²) < 4.78 is 70.2. The third-order valence-electron chi connectivity index (χ3n) is 1.69. The third kappa shape index (κ3) is 8.24. The van der Waals surface area contributed by atoms with E-state index in [4.69, 9.17) is 0 Å². The fourth-order valence-corrected chi connectivity index (χ4v) is 0.854. The summed E-state index contributed by atoms with van der Waals surface area (Å²) >= 11 is 0. The molecule has 0 bridgehead atoms. The molecule has 112 valence electrons. The van der Waals surface area contributed by atoms with Crippen molar-refractivity contribution in [1.82, 2.24) is 16.0 Å². The Morgan fingerprint density at radius 3 is 1.26 bits per heavy atom. The van der Waals surface area contributed by atoms with Crippen LogP contribution in [0.1, 0.15) is 0 Å². The van der Waals surface area contributed by atoms with Gasteiger partial charge in [-0.3, -0.25) is 9.59 Å². The first kappa shape index (κ1) is 17.5. The first-order valence-corrected chi connectivity index (χ1v) is 4.96. The number of rotatable bonds is 6. The second kappa shape index (κ2) is 7.16. The Morgan fingerprint density at radius 2 is 1.00 bits per heavy atom. The first-order chi connectivity index (χ1) is 8.55. The van der Waals surface area contributed by atoms with Crippen LogP contribution < -0.4 is 16.0 Å². The Balaban J connectivity index is 3.53. The van der Waals surface area contributed by atoms with Crippen LogP contribution in [0.25, 0.3) is 0 Å². The Hall–Kier alpha value is -1.52. The first-order valence-electron chi connectivity index (χ1n) is 4.96. The van der Waals surface area contributed by atoms with Gasteiger partial charge in [0, 0.05) is 26.2 Å². The highest BCUT2D eigenvalue weighted by Crippen LogP contribution is 2.14. The molecule has 0 saturated heterocycles. The smallest absolute Gasteiger partial charge is 0.347 e. The summed E-state index contributed by atoms with van der Waals surface area (Å²) in [4.78, 5) is 20.6. The molecule has 0 aromatic rings. The van der Waals surface area contributed by atoms with Crippen molar-refractivity contribution in [2.45, 2.75) is 12.4 Å². The largest absolute Gasteiger partial charge is 0.471 e. The van der Waals surface area contributed by atoms with Gasteiger partial charge in [0.25, 0.3) is 0 Å². The number of hydrogen-bond donors (Lipinski definition) is 3. The summed E-state index contributed by atoms with van der Waals surface area (Å²) in [5.74, 6) is -4.20. The van der Waals surface area contributed by atoms with E-state index < -0.39 is 24.2 Å². The molecule has 0 aliphatic carbocycles. The van der Waals surface area contributed by atoms with Gasteiger partial charge in [0.05, 0.1) is 0 Å². The quantitative estimate of drug-likeness (QED) is 0.475. The molecule has 3 N–H and O–H groups in total. The molecular formula is C8H11F6N3O2. The number of hydrogen-bond acceptors (Lipinski definition) is 3. The Bertz CT molecular complexity index is 285. The van der Waals surface area contributed by atoms with Gasteiger partial charge in [-0.2, -0.15) is 26.3 Å². The lowest BCUT2D eigenvalue weighted by Crippen LogP contribution is -2.43. The Morgan fingerprint density at radius 1 is 0.684 bits per heavy atom. The predicted octanol–water partition coefficient (Wildman–Crippen LogP) is -0.0670. The molecule has 0 unspecified atom stereocenters. The van der Waals surface area contributed by atoms with Crippen molar-refractivity contribution < 1.29 is 35.9 Å². The van der Waals surface area contributed by atoms with Crippen LogP contribution in [0.15, 0.2) is 0 Å². The molecule has 19 heavy (non-hydrogen) atoms. The molecule has 0 aromatic heterocycles. The van der Waals surface area contributed by atoms with Gasteiger partial charge in [-0.1, -0.05) is 0 Å². The minimum Gasteiger partial charge on any atom is -0.347 e. The lowest BCUT2D eigenvalue weighted by atomic mass is 10.5. The zero-order valence-electron chi connectivity index (χ0n) is 9.41. The van der Waals surface area contributed by atoms with Gasteiger partial charge in [-0.25, -0.2) is 0 Å². The van der Waals surface area contributed by atoms with Gasteiger partial charge in [-0.05, 0) is 0 Å². The highest BCUT2D eigenvalue weighted by Gasteiger charge is 2.38. The zero-order valence-corrected chi connectivity index (χ0v) is 9.41. The van der Waals surface area contributed by atoms with Gasteiger partial charge in [0.2, 0.25) is 0 Å². The van der Waals surface area contributed by atoms with Crippen molar-refractivity contribution in [1.29, 1.82) is 0 Å². The molecule has 0 saturated carbocycles. The van der Waals surface area contributed by atoms with Crippen LogP contribution >= 0.6 is 0 Å². The molecule has 0 heterocycles. The van der Waals surface area contributed by atoms with Crippen molar-refractivity contribution in [3.63, 3.8) is 0 Å². The minimum absolute atomic E-state index is 0.0797. The molecule has 11 heteroatoms. The van der Waals surface area contributed by atoms with Crippen molar-refractivity contribution >= 4 is 11.8 Å². The summed E-state index contributed by atoms with van der Waals surface area (Å²) in [5.41, 5.74) is 0. The maximum absolute atomic E-state index is 11.7. The molecule has 0 fully saturated rings. The van der Waals surface area contributed by atoms with Crippen LogP contribution in [0.3, 0.4) is 0 Å². The van der Waals surface area contributed by atoms with Crippen molar-refractivity contribution in [3.8, 4) is 0 Å². The second-order valence-electron chi connectivity index (χ2n) is 3.26. The van der Waals surface area contributed by atoms with E-state index in [1.807, 2.05) is 0 Å². The van der Waals surface area contributed by atoms with E-state index in [1.165, 1.54) is 0 Å². The average Bonchev–Trinajstić information content (AvgIpc) is 2.24. The number of carbonyl (C=O) groups is 2. The molecule has 0 spiro atoms. The monoisotopic (exact) mass is 295 g/mol. The number of nitrogens with one attached hydrogen (secondary N) is 3. The highest BCUT2D eigenvalue weighted by atomic mass is 19.4. The van der Waals surface area contributed by atoms with Crippen molar-refractivity contribution in [2.24, 2.45) is 0 Å². The SMILES string of the molecule is O=C(NCCNCCNC(=O)C(F)(F)F)C(F)(F)F. The van der Waals surface area contributed by atoms with Crippen LogP contribution in [-0.4, -0.2) is 50.3 Å². The van der Waals surface area contributed by atoms with E-state index in [0.717, 1.165) is 0 Å². The normalized spacial score (nSPS) is 12.1. The molecule has 0 atom stereocenters. The van der Waals surface area contributed by atoms with Crippen LogP contribution in [0.2, 0.25) is 0 Å². The predicted molar refractivity (Wildman–Crippen MR) is 51.0 cm³/mol.